The SMILES string of the molecule is CCCCC(CC)COc1ccc(N2C(C)=CC(=C=C3C(C#N)C(=C(C#N)C#N)OC3(C)C)C=C2C)cc1. The molecule has 0 N–H and O–H groups in total. The third-order valence-electron chi connectivity index (χ3n) is 7.00. The van der Waals surface area contributed by atoms with Gasteiger partial charge in [-0.1, -0.05) is 33.1 Å². The monoisotopic (exact) mass is 508 g/mol. The van der Waals surface area contributed by atoms with Gasteiger partial charge in [-0.3, -0.25) is 0 Å². The molecule has 2 atom stereocenters. The van der Waals surface area contributed by atoms with Crippen molar-refractivity contribution in [1.82, 2.24) is 0 Å². The molecule has 0 saturated carbocycles. The topological polar surface area (TPSA) is 93.1 Å². The smallest absolute Gasteiger partial charge is 0.169 e. The first-order chi connectivity index (χ1) is 18.2. The minimum atomic E-state index is -0.870. The zero-order valence-electron chi connectivity index (χ0n) is 23.3. The molecule has 196 valence electrons. The second kappa shape index (κ2) is 12.4. The molecule has 0 amide bonds. The molecule has 0 spiro atoms. The Kier molecular flexibility index (Phi) is 9.25. The first-order valence-electron chi connectivity index (χ1n) is 13.2. The summed E-state index contributed by atoms with van der Waals surface area (Å²) in [4.78, 5) is 2.16. The second-order valence-electron chi connectivity index (χ2n) is 10.3. The quantitative estimate of drug-likeness (QED) is 0.265. The summed E-state index contributed by atoms with van der Waals surface area (Å²) in [6, 6.07) is 14.0. The maximum Gasteiger partial charge on any atom is 0.169 e. The number of unbranched alkanes of at least 4 members (excludes halogenated alkanes) is 1. The van der Waals surface area contributed by atoms with E-state index in [0.29, 0.717) is 11.5 Å². The zero-order valence-corrected chi connectivity index (χ0v) is 23.3. The van der Waals surface area contributed by atoms with Crippen LogP contribution >= 0.6 is 0 Å². The fourth-order valence-corrected chi connectivity index (χ4v) is 4.88. The maximum absolute atomic E-state index is 9.84. The minimum absolute atomic E-state index is 0.0994. The normalized spacial score (nSPS) is 18.8. The third-order valence-corrected chi connectivity index (χ3v) is 7.00. The van der Waals surface area contributed by atoms with Gasteiger partial charge in [-0.25, -0.2) is 0 Å². The fraction of sp³-hybridized carbons (Fsp3) is 0.438. The van der Waals surface area contributed by atoms with E-state index in [1.54, 1.807) is 0 Å². The van der Waals surface area contributed by atoms with Gasteiger partial charge in [-0.2, -0.15) is 15.8 Å². The average molecular weight is 509 g/mol. The van der Waals surface area contributed by atoms with Crippen LogP contribution in [0.3, 0.4) is 0 Å². The van der Waals surface area contributed by atoms with E-state index in [2.05, 4.69) is 42.7 Å². The highest BCUT2D eigenvalue weighted by molar-refractivity contribution is 5.63. The van der Waals surface area contributed by atoms with Gasteiger partial charge in [0.15, 0.2) is 5.57 Å². The summed E-state index contributed by atoms with van der Waals surface area (Å²) in [5, 5.41) is 28.5. The lowest BCUT2D eigenvalue weighted by Gasteiger charge is -2.29. The summed E-state index contributed by atoms with van der Waals surface area (Å²) < 4.78 is 12.0. The number of anilines is 1. The summed E-state index contributed by atoms with van der Waals surface area (Å²) >= 11 is 0. The Balaban J connectivity index is 1.87. The van der Waals surface area contributed by atoms with Crippen LogP contribution in [0.1, 0.15) is 67.2 Å². The molecule has 1 fully saturated rings. The van der Waals surface area contributed by atoms with Gasteiger partial charge in [0.1, 0.15) is 35.2 Å². The summed E-state index contributed by atoms with van der Waals surface area (Å²) in [5.41, 5.74) is 6.75. The summed E-state index contributed by atoms with van der Waals surface area (Å²) in [6.45, 7) is 12.9. The number of benzene rings is 1. The molecule has 1 aromatic carbocycles. The molecule has 6 heteroatoms. The van der Waals surface area contributed by atoms with Crippen LogP contribution in [0, 0.1) is 45.8 Å². The van der Waals surface area contributed by atoms with Gasteiger partial charge in [0.05, 0.1) is 12.7 Å². The molecule has 2 aliphatic heterocycles. The summed E-state index contributed by atoms with van der Waals surface area (Å²) in [7, 11) is 0. The second-order valence-corrected chi connectivity index (χ2v) is 10.3. The van der Waals surface area contributed by atoms with Gasteiger partial charge < -0.3 is 14.4 Å². The molecule has 2 heterocycles. The Labute approximate surface area is 227 Å². The summed E-state index contributed by atoms with van der Waals surface area (Å²) in [6.07, 6.45) is 8.78. The van der Waals surface area contributed by atoms with Gasteiger partial charge in [-0.15, -0.1) is 5.73 Å². The molecule has 3 rings (SSSR count). The Hall–Kier alpha value is -4.17. The van der Waals surface area contributed by atoms with E-state index in [1.165, 1.54) is 19.3 Å². The van der Waals surface area contributed by atoms with Gasteiger partial charge in [0.25, 0.3) is 0 Å². The molecule has 0 radical (unpaired) electrons. The van der Waals surface area contributed by atoms with Crippen LogP contribution in [0.15, 0.2) is 76.0 Å². The number of hydrogen-bond acceptors (Lipinski definition) is 6. The number of nitriles is 3. The molecular formula is C32H36N4O2. The van der Waals surface area contributed by atoms with Crippen molar-refractivity contribution in [3.05, 3.63) is 76.0 Å². The first kappa shape index (κ1) is 28.4. The van der Waals surface area contributed by atoms with Crippen molar-refractivity contribution >= 4 is 5.69 Å². The molecule has 2 aliphatic rings. The summed E-state index contributed by atoms with van der Waals surface area (Å²) in [5.74, 6) is 0.718. The van der Waals surface area contributed by atoms with Gasteiger partial charge in [0, 0.05) is 28.2 Å². The number of allylic oxidation sites excluding steroid dienone is 6. The average Bonchev–Trinajstić information content (AvgIpc) is 3.14. The van der Waals surface area contributed by atoms with Crippen LogP contribution in [0.2, 0.25) is 0 Å². The molecule has 1 saturated heterocycles. The highest BCUT2D eigenvalue weighted by atomic mass is 16.5. The van der Waals surface area contributed by atoms with Crippen molar-refractivity contribution in [3.63, 3.8) is 0 Å². The van der Waals surface area contributed by atoms with E-state index >= 15 is 0 Å². The van der Waals surface area contributed by atoms with E-state index in [1.807, 2.05) is 64.1 Å². The van der Waals surface area contributed by atoms with Crippen molar-refractivity contribution < 1.29 is 9.47 Å². The highest BCUT2D eigenvalue weighted by Crippen LogP contribution is 2.43. The van der Waals surface area contributed by atoms with E-state index in [9.17, 15) is 15.8 Å². The van der Waals surface area contributed by atoms with Crippen LogP contribution in [0.5, 0.6) is 5.75 Å². The Morgan fingerprint density at radius 3 is 2.21 bits per heavy atom. The lowest BCUT2D eigenvalue weighted by atomic mass is 9.88. The molecule has 6 nitrogen and oxygen atoms in total. The standard InChI is InChI=1S/C32H36N4O2/c1-7-9-10-24(8-2)21-37-28-13-11-27(12-14-28)36-22(3)15-25(16-23(36)4)17-30-29(20-35)31(26(18-33)19-34)38-32(30,5)6/h11-16,24,29H,7-10,21H2,1-6H3. The predicted molar refractivity (Wildman–Crippen MR) is 148 cm³/mol. The van der Waals surface area contributed by atoms with Gasteiger partial charge in [0.2, 0.25) is 0 Å². The molecule has 0 bridgehead atoms. The van der Waals surface area contributed by atoms with E-state index in [0.717, 1.165) is 41.4 Å². The van der Waals surface area contributed by atoms with E-state index in [-0.39, 0.29) is 11.3 Å². The number of hydrogen-bond donors (Lipinski definition) is 0. The van der Waals surface area contributed by atoms with Crippen molar-refractivity contribution in [1.29, 1.82) is 15.8 Å². The maximum atomic E-state index is 9.84. The van der Waals surface area contributed by atoms with Crippen LogP contribution in [-0.2, 0) is 4.74 Å². The molecule has 2 unspecified atom stereocenters. The molecular weight excluding hydrogens is 472 g/mol. The highest BCUT2D eigenvalue weighted by Gasteiger charge is 2.44. The zero-order chi connectivity index (χ0) is 27.9. The Morgan fingerprint density at radius 2 is 1.68 bits per heavy atom. The first-order valence-corrected chi connectivity index (χ1v) is 13.2. The molecule has 1 aromatic rings. The van der Waals surface area contributed by atoms with Crippen LogP contribution in [0.4, 0.5) is 5.69 Å². The Bertz CT molecular complexity index is 1300. The molecule has 0 aromatic heterocycles. The lowest BCUT2D eigenvalue weighted by Crippen LogP contribution is -2.22. The van der Waals surface area contributed by atoms with Crippen LogP contribution < -0.4 is 9.64 Å². The minimum Gasteiger partial charge on any atom is -0.493 e. The molecule has 38 heavy (non-hydrogen) atoms. The van der Waals surface area contributed by atoms with Crippen LogP contribution in [0.25, 0.3) is 0 Å². The van der Waals surface area contributed by atoms with Crippen molar-refractivity contribution in [3.8, 4) is 24.0 Å². The fourth-order valence-electron chi connectivity index (χ4n) is 4.88. The third kappa shape index (κ3) is 6.20. The van der Waals surface area contributed by atoms with Crippen LogP contribution in [-0.4, -0.2) is 12.2 Å². The van der Waals surface area contributed by atoms with Crippen molar-refractivity contribution in [2.45, 2.75) is 72.8 Å². The largest absolute Gasteiger partial charge is 0.493 e. The van der Waals surface area contributed by atoms with E-state index < -0.39 is 11.5 Å². The molecule has 0 aliphatic carbocycles. The number of nitrogens with zero attached hydrogens (tertiary/aromatic N) is 4. The van der Waals surface area contributed by atoms with Gasteiger partial charge in [-0.05, 0) is 76.5 Å². The Morgan fingerprint density at radius 1 is 1.05 bits per heavy atom. The van der Waals surface area contributed by atoms with Crippen molar-refractivity contribution in [2.75, 3.05) is 11.5 Å². The lowest BCUT2D eigenvalue weighted by molar-refractivity contribution is 0.100. The number of rotatable bonds is 8. The van der Waals surface area contributed by atoms with Crippen molar-refractivity contribution in [2.24, 2.45) is 11.8 Å². The van der Waals surface area contributed by atoms with E-state index in [4.69, 9.17) is 9.47 Å². The predicted octanol–water partition coefficient (Wildman–Crippen LogP) is 7.61. The van der Waals surface area contributed by atoms with Gasteiger partial charge >= 0.3 is 0 Å². The number of ether oxygens (including phenoxy) is 2.